The highest BCUT2D eigenvalue weighted by molar-refractivity contribution is 7.99. The zero-order valence-corrected chi connectivity index (χ0v) is 24.5. The number of aliphatic imine (C=N–C) groups is 1. The highest BCUT2D eigenvalue weighted by Crippen LogP contribution is 2.46. The van der Waals surface area contributed by atoms with Crippen LogP contribution in [0, 0.1) is 12.8 Å². The van der Waals surface area contributed by atoms with Crippen LogP contribution in [0.3, 0.4) is 0 Å². The maximum absolute atomic E-state index is 12.1. The maximum atomic E-state index is 12.1. The van der Waals surface area contributed by atoms with Gasteiger partial charge in [0.25, 0.3) is 0 Å². The largest absolute Gasteiger partial charge is 0.480 e. The van der Waals surface area contributed by atoms with E-state index in [2.05, 4.69) is 44.0 Å². The van der Waals surface area contributed by atoms with E-state index in [1.807, 2.05) is 26.1 Å². The molecule has 2 saturated carbocycles. The van der Waals surface area contributed by atoms with E-state index in [9.17, 15) is 4.79 Å². The smallest absolute Gasteiger partial charge is 0.227 e. The van der Waals surface area contributed by atoms with Gasteiger partial charge < -0.3 is 15.0 Å². The fourth-order valence-electron chi connectivity index (χ4n) is 4.72. The lowest BCUT2D eigenvalue weighted by molar-refractivity contribution is -0.102. The fourth-order valence-corrected chi connectivity index (χ4v) is 5.31. The minimum absolute atomic E-state index is 0.208. The summed E-state index contributed by atoms with van der Waals surface area (Å²) in [5, 5.41) is 4.22. The number of amidine groups is 1. The molecule has 2 aliphatic rings. The van der Waals surface area contributed by atoms with Crippen molar-refractivity contribution >= 4 is 35.4 Å². The zero-order chi connectivity index (χ0) is 28.2. The lowest BCUT2D eigenvalue weighted by atomic mass is 10.1. The van der Waals surface area contributed by atoms with Crippen LogP contribution in [0.2, 0.25) is 0 Å². The van der Waals surface area contributed by atoms with E-state index < -0.39 is 0 Å². The van der Waals surface area contributed by atoms with Gasteiger partial charge in [0.1, 0.15) is 17.6 Å². The topological polar surface area (TPSA) is 118 Å². The number of nitrogens with one attached hydrogen (secondary N) is 1. The number of anilines is 2. The summed E-state index contributed by atoms with van der Waals surface area (Å²) in [6.45, 7) is 6.55. The van der Waals surface area contributed by atoms with Gasteiger partial charge in [-0.05, 0) is 62.8 Å². The molecular formula is C29H36N8O2S. The van der Waals surface area contributed by atoms with Gasteiger partial charge in [-0.15, -0.1) is 11.8 Å². The summed E-state index contributed by atoms with van der Waals surface area (Å²) in [5.74, 6) is 3.82. The van der Waals surface area contributed by atoms with Crippen molar-refractivity contribution < 1.29 is 9.53 Å². The molecular weight excluding hydrogens is 524 g/mol. The molecule has 0 saturated heterocycles. The first-order chi connectivity index (χ1) is 19.4. The minimum Gasteiger partial charge on any atom is -0.480 e. The predicted octanol–water partition coefficient (Wildman–Crippen LogP) is 5.08. The quantitative estimate of drug-likeness (QED) is 0.139. The van der Waals surface area contributed by atoms with Crippen LogP contribution in [0.15, 0.2) is 34.7 Å². The van der Waals surface area contributed by atoms with E-state index in [0.717, 1.165) is 46.7 Å². The Hall–Kier alpha value is -3.60. The van der Waals surface area contributed by atoms with Crippen molar-refractivity contribution in [2.75, 3.05) is 30.1 Å². The molecule has 2 aliphatic carbocycles. The zero-order valence-electron chi connectivity index (χ0n) is 23.7. The SMILES string of the molecule is CCSc1ccc(CN=C(C=O)Nc2c(C)nc(-c3c(OC)ncnc3C3CC3)nc2N(C)C(C)C2CC2)cn1. The Kier molecular flexibility index (Phi) is 8.58. The van der Waals surface area contributed by atoms with Gasteiger partial charge in [-0.2, -0.15) is 0 Å². The number of aldehydes is 1. The van der Waals surface area contributed by atoms with Gasteiger partial charge >= 0.3 is 0 Å². The molecule has 0 bridgehead atoms. The molecule has 0 aliphatic heterocycles. The molecule has 1 N–H and O–H groups in total. The van der Waals surface area contributed by atoms with E-state index in [1.54, 1.807) is 31.4 Å². The van der Waals surface area contributed by atoms with E-state index in [1.165, 1.54) is 12.8 Å². The summed E-state index contributed by atoms with van der Waals surface area (Å²) in [4.78, 5) is 42.2. The second-order valence-corrected chi connectivity index (χ2v) is 11.6. The Labute approximate surface area is 239 Å². The Morgan fingerprint density at radius 1 is 1.23 bits per heavy atom. The number of hydrogen-bond acceptors (Lipinski definition) is 10. The third-order valence-electron chi connectivity index (χ3n) is 7.43. The second-order valence-electron chi connectivity index (χ2n) is 10.3. The van der Waals surface area contributed by atoms with Crippen LogP contribution < -0.4 is 15.0 Å². The minimum atomic E-state index is 0.208. The van der Waals surface area contributed by atoms with Gasteiger partial charge in [-0.3, -0.25) is 9.79 Å². The van der Waals surface area contributed by atoms with Crippen LogP contribution in [0.25, 0.3) is 11.4 Å². The lowest BCUT2D eigenvalue weighted by Gasteiger charge is -2.29. The van der Waals surface area contributed by atoms with Gasteiger partial charge in [-0.1, -0.05) is 13.0 Å². The molecule has 3 aromatic heterocycles. The van der Waals surface area contributed by atoms with Crippen LogP contribution in [-0.2, 0) is 11.3 Å². The normalized spacial score (nSPS) is 16.0. The van der Waals surface area contributed by atoms with Gasteiger partial charge in [0.2, 0.25) is 5.88 Å². The number of hydrogen-bond donors (Lipinski definition) is 1. The Morgan fingerprint density at radius 2 is 2.02 bits per heavy atom. The number of nitrogens with zero attached hydrogens (tertiary/aromatic N) is 7. The third kappa shape index (κ3) is 6.24. The summed E-state index contributed by atoms with van der Waals surface area (Å²) in [5.41, 5.74) is 3.93. The van der Waals surface area contributed by atoms with Gasteiger partial charge in [0.05, 0.1) is 30.1 Å². The number of aryl methyl sites for hydroxylation is 1. The summed E-state index contributed by atoms with van der Waals surface area (Å²) in [7, 11) is 3.64. The van der Waals surface area contributed by atoms with Crippen molar-refractivity contribution in [3.05, 3.63) is 41.6 Å². The molecule has 0 spiro atoms. The first kappa shape index (κ1) is 27.9. The lowest BCUT2D eigenvalue weighted by Crippen LogP contribution is -2.33. The van der Waals surface area contributed by atoms with Gasteiger partial charge in [0, 0.05) is 25.2 Å². The molecule has 3 heterocycles. The number of aromatic nitrogens is 5. The van der Waals surface area contributed by atoms with Crippen molar-refractivity contribution in [3.8, 4) is 17.3 Å². The number of pyridine rings is 1. The van der Waals surface area contributed by atoms with Crippen molar-refractivity contribution in [1.82, 2.24) is 24.9 Å². The highest BCUT2D eigenvalue weighted by atomic mass is 32.2. The molecule has 0 aromatic carbocycles. The maximum Gasteiger partial charge on any atom is 0.227 e. The number of carbonyl (C=O) groups excluding carboxylic acids is 1. The van der Waals surface area contributed by atoms with E-state index in [4.69, 9.17) is 14.7 Å². The third-order valence-corrected chi connectivity index (χ3v) is 8.26. The number of thioether (sulfide) groups is 1. The van der Waals surface area contributed by atoms with Crippen LogP contribution in [0.5, 0.6) is 5.88 Å². The second kappa shape index (κ2) is 12.3. The molecule has 0 radical (unpaired) electrons. The first-order valence-electron chi connectivity index (χ1n) is 13.8. The molecule has 3 aromatic rings. The van der Waals surface area contributed by atoms with Crippen molar-refractivity contribution in [1.29, 1.82) is 0 Å². The molecule has 0 amide bonds. The molecule has 10 nitrogen and oxygen atoms in total. The summed E-state index contributed by atoms with van der Waals surface area (Å²) in [6, 6.07) is 4.23. The highest BCUT2D eigenvalue weighted by Gasteiger charge is 2.34. The fraction of sp³-hybridized carbons (Fsp3) is 0.483. The molecule has 2 fully saturated rings. The number of rotatable bonds is 12. The average Bonchev–Trinajstić information content (AvgIpc) is 3.89. The van der Waals surface area contributed by atoms with Crippen molar-refractivity contribution in [2.45, 2.75) is 70.0 Å². The molecule has 40 heavy (non-hydrogen) atoms. The molecule has 5 rings (SSSR count). The summed E-state index contributed by atoms with van der Waals surface area (Å²) >= 11 is 1.69. The van der Waals surface area contributed by atoms with Gasteiger partial charge in [-0.25, -0.2) is 24.9 Å². The van der Waals surface area contributed by atoms with Crippen LogP contribution in [0.1, 0.15) is 62.4 Å². The summed E-state index contributed by atoms with van der Waals surface area (Å²) < 4.78 is 5.63. The van der Waals surface area contributed by atoms with Crippen molar-refractivity contribution in [2.24, 2.45) is 10.9 Å². The Bertz CT molecular complexity index is 1390. The average molecular weight is 561 g/mol. The van der Waals surface area contributed by atoms with E-state index in [0.29, 0.717) is 47.3 Å². The Morgan fingerprint density at radius 3 is 2.65 bits per heavy atom. The number of methoxy groups -OCH3 is 1. The first-order valence-corrected chi connectivity index (χ1v) is 14.8. The molecule has 11 heteroatoms. The molecule has 1 unspecified atom stereocenters. The van der Waals surface area contributed by atoms with Crippen LogP contribution in [0.4, 0.5) is 11.5 Å². The van der Waals surface area contributed by atoms with Crippen molar-refractivity contribution in [3.63, 3.8) is 0 Å². The number of ether oxygens (including phenoxy) is 1. The molecule has 1 atom stereocenters. The Balaban J connectivity index is 1.51. The number of carbonyl (C=O) groups is 1. The van der Waals surface area contributed by atoms with Crippen LogP contribution in [-0.4, -0.2) is 63.0 Å². The van der Waals surface area contributed by atoms with Gasteiger partial charge in [0.15, 0.2) is 23.8 Å². The monoisotopic (exact) mass is 560 g/mol. The summed E-state index contributed by atoms with van der Waals surface area (Å²) in [6.07, 6.45) is 8.62. The standard InChI is InChI=1S/C29H36N8O2S/c1-6-40-23-12-7-19(14-31-23)13-30-22(15-38)35-25-17(2)34-27(36-28(25)37(4)18(3)20-8-9-20)24-26(21-10-11-21)32-16-33-29(24)39-5/h7,12,14-16,18,20-21H,6,8-11,13H2,1-5H3,(H,30,35). The van der Waals surface area contributed by atoms with E-state index in [-0.39, 0.29) is 11.9 Å². The van der Waals surface area contributed by atoms with E-state index >= 15 is 0 Å². The van der Waals surface area contributed by atoms with Crippen LogP contribution >= 0.6 is 11.8 Å². The predicted molar refractivity (Wildman–Crippen MR) is 158 cm³/mol. The molecule has 210 valence electrons.